The number of hydrogen-bond donors (Lipinski definition) is 1. The van der Waals surface area contributed by atoms with Crippen molar-refractivity contribution in [1.29, 1.82) is 0 Å². The highest BCUT2D eigenvalue weighted by molar-refractivity contribution is 6.30. The molecular weight excluding hydrogens is 288 g/mol. The third-order valence-electron chi connectivity index (χ3n) is 3.64. The van der Waals surface area contributed by atoms with E-state index in [0.717, 1.165) is 41.9 Å². The van der Waals surface area contributed by atoms with E-state index in [1.807, 2.05) is 37.2 Å². The topological polar surface area (TPSA) is 40.1 Å². The largest absolute Gasteiger partial charge is 0.495 e. The maximum atomic E-state index is 6.11. The Labute approximate surface area is 131 Å². The van der Waals surface area contributed by atoms with Crippen LogP contribution >= 0.6 is 11.6 Å². The van der Waals surface area contributed by atoms with Gasteiger partial charge >= 0.3 is 0 Å². The van der Waals surface area contributed by atoms with Crippen molar-refractivity contribution in [2.24, 2.45) is 4.99 Å². The summed E-state index contributed by atoms with van der Waals surface area (Å²) < 4.78 is 5.44. The summed E-state index contributed by atoms with van der Waals surface area (Å²) in [5.41, 5.74) is 1.05. The highest BCUT2D eigenvalue weighted by Crippen LogP contribution is 2.33. The molecule has 1 aromatic rings. The van der Waals surface area contributed by atoms with Crippen LogP contribution in [0.2, 0.25) is 5.02 Å². The molecule has 0 amide bonds. The van der Waals surface area contributed by atoms with E-state index in [-0.39, 0.29) is 0 Å². The van der Waals surface area contributed by atoms with Crippen molar-refractivity contribution >= 4 is 23.2 Å². The van der Waals surface area contributed by atoms with Crippen LogP contribution in [0.1, 0.15) is 6.42 Å². The molecule has 116 valence electrons. The van der Waals surface area contributed by atoms with E-state index in [2.05, 4.69) is 15.2 Å². The number of anilines is 1. The van der Waals surface area contributed by atoms with E-state index in [0.29, 0.717) is 6.04 Å². The third kappa shape index (κ3) is 3.73. The average Bonchev–Trinajstić information content (AvgIpc) is 2.92. The molecule has 1 unspecified atom stereocenters. The van der Waals surface area contributed by atoms with Gasteiger partial charge in [-0.05, 0) is 24.6 Å². The van der Waals surface area contributed by atoms with Gasteiger partial charge in [-0.2, -0.15) is 0 Å². The zero-order chi connectivity index (χ0) is 15.4. The van der Waals surface area contributed by atoms with Crippen molar-refractivity contribution < 1.29 is 4.74 Å². The van der Waals surface area contributed by atoms with E-state index in [1.165, 1.54) is 0 Å². The van der Waals surface area contributed by atoms with Crippen molar-refractivity contribution in [3.05, 3.63) is 23.2 Å². The van der Waals surface area contributed by atoms with Gasteiger partial charge in [0.25, 0.3) is 0 Å². The normalized spacial score (nSPS) is 18.8. The molecule has 1 atom stereocenters. The lowest BCUT2D eigenvalue weighted by molar-refractivity contribution is 0.415. The molecule has 1 aromatic carbocycles. The SMILES string of the molecule is CN=C(NC1CCN(c2cc(Cl)ccc2OC)C1)N(C)C. The van der Waals surface area contributed by atoms with Gasteiger partial charge in [-0.25, -0.2) is 0 Å². The summed E-state index contributed by atoms with van der Waals surface area (Å²) in [4.78, 5) is 8.55. The predicted octanol–water partition coefficient (Wildman–Crippen LogP) is 2.06. The number of hydrogen-bond acceptors (Lipinski definition) is 3. The number of methoxy groups -OCH3 is 1. The number of aliphatic imine (C=N–C) groups is 1. The summed E-state index contributed by atoms with van der Waals surface area (Å²) in [7, 11) is 7.46. The summed E-state index contributed by atoms with van der Waals surface area (Å²) in [6, 6.07) is 6.10. The molecule has 6 heteroatoms. The molecule has 1 heterocycles. The van der Waals surface area contributed by atoms with Crippen LogP contribution in [0.5, 0.6) is 5.75 Å². The standard InChI is InChI=1S/C15H23ClN4O/c1-17-15(19(2)3)18-12-7-8-20(10-12)13-9-11(16)5-6-14(13)21-4/h5-6,9,12H,7-8,10H2,1-4H3,(H,17,18). The number of rotatable bonds is 3. The number of nitrogens with one attached hydrogen (secondary N) is 1. The van der Waals surface area contributed by atoms with E-state index in [4.69, 9.17) is 16.3 Å². The highest BCUT2D eigenvalue weighted by Gasteiger charge is 2.25. The number of guanidine groups is 1. The number of halogens is 1. The molecule has 21 heavy (non-hydrogen) atoms. The fraction of sp³-hybridized carbons (Fsp3) is 0.533. The lowest BCUT2D eigenvalue weighted by atomic mass is 10.2. The number of nitrogens with zero attached hydrogens (tertiary/aromatic N) is 3. The van der Waals surface area contributed by atoms with Crippen LogP contribution in [0.15, 0.2) is 23.2 Å². The quantitative estimate of drug-likeness (QED) is 0.685. The van der Waals surface area contributed by atoms with E-state index in [1.54, 1.807) is 14.2 Å². The van der Waals surface area contributed by atoms with Crippen LogP contribution in [0.4, 0.5) is 5.69 Å². The molecule has 2 rings (SSSR count). The first-order valence-electron chi connectivity index (χ1n) is 7.04. The summed E-state index contributed by atoms with van der Waals surface area (Å²) >= 11 is 6.11. The molecule has 0 saturated carbocycles. The Morgan fingerprint density at radius 3 is 2.86 bits per heavy atom. The van der Waals surface area contributed by atoms with Gasteiger partial charge in [0.2, 0.25) is 0 Å². The maximum absolute atomic E-state index is 6.11. The summed E-state index contributed by atoms with van der Waals surface area (Å²) in [5.74, 6) is 1.76. The molecule has 0 aliphatic carbocycles. The van der Waals surface area contributed by atoms with Gasteiger partial charge in [0.1, 0.15) is 5.75 Å². The van der Waals surface area contributed by atoms with E-state index >= 15 is 0 Å². The first-order valence-corrected chi connectivity index (χ1v) is 7.42. The highest BCUT2D eigenvalue weighted by atomic mass is 35.5. The second-order valence-electron chi connectivity index (χ2n) is 5.33. The minimum Gasteiger partial charge on any atom is -0.495 e. The Morgan fingerprint density at radius 1 is 1.48 bits per heavy atom. The zero-order valence-corrected chi connectivity index (χ0v) is 13.8. The van der Waals surface area contributed by atoms with Gasteiger partial charge in [-0.1, -0.05) is 11.6 Å². The molecule has 1 fully saturated rings. The van der Waals surface area contributed by atoms with Crippen molar-refractivity contribution in [1.82, 2.24) is 10.2 Å². The van der Waals surface area contributed by atoms with Crippen LogP contribution < -0.4 is 15.0 Å². The van der Waals surface area contributed by atoms with Crippen LogP contribution in [0, 0.1) is 0 Å². The van der Waals surface area contributed by atoms with Crippen molar-refractivity contribution in [2.45, 2.75) is 12.5 Å². The van der Waals surface area contributed by atoms with Gasteiger partial charge in [-0.15, -0.1) is 0 Å². The molecule has 1 aliphatic rings. The predicted molar refractivity (Wildman–Crippen MR) is 88.8 cm³/mol. The lowest BCUT2D eigenvalue weighted by Crippen LogP contribution is -2.43. The van der Waals surface area contributed by atoms with Crippen LogP contribution in [0.25, 0.3) is 0 Å². The van der Waals surface area contributed by atoms with Gasteiger partial charge < -0.3 is 19.9 Å². The first kappa shape index (κ1) is 15.8. The Balaban J connectivity index is 2.07. The Hall–Kier alpha value is -1.62. The van der Waals surface area contributed by atoms with Gasteiger partial charge in [0.15, 0.2) is 5.96 Å². The zero-order valence-electron chi connectivity index (χ0n) is 13.1. The van der Waals surface area contributed by atoms with Crippen LogP contribution in [-0.4, -0.2) is 58.2 Å². The molecule has 1 aliphatic heterocycles. The summed E-state index contributed by atoms with van der Waals surface area (Å²) in [6.07, 6.45) is 1.06. The summed E-state index contributed by atoms with van der Waals surface area (Å²) in [5, 5.41) is 4.21. The van der Waals surface area contributed by atoms with Gasteiger partial charge in [-0.3, -0.25) is 4.99 Å². The molecule has 5 nitrogen and oxygen atoms in total. The van der Waals surface area contributed by atoms with Crippen LogP contribution in [-0.2, 0) is 0 Å². The molecule has 0 bridgehead atoms. The Bertz CT molecular complexity index is 518. The minimum absolute atomic E-state index is 0.370. The maximum Gasteiger partial charge on any atom is 0.193 e. The molecule has 0 aromatic heterocycles. The van der Waals surface area contributed by atoms with Crippen molar-refractivity contribution in [3.8, 4) is 5.75 Å². The fourth-order valence-corrected chi connectivity index (χ4v) is 2.75. The summed E-state index contributed by atoms with van der Waals surface area (Å²) in [6.45, 7) is 1.88. The van der Waals surface area contributed by atoms with E-state index < -0.39 is 0 Å². The Morgan fingerprint density at radius 2 is 2.24 bits per heavy atom. The van der Waals surface area contributed by atoms with E-state index in [9.17, 15) is 0 Å². The Kier molecular flexibility index (Phi) is 5.17. The van der Waals surface area contributed by atoms with Gasteiger partial charge in [0, 0.05) is 45.3 Å². The molecule has 0 spiro atoms. The van der Waals surface area contributed by atoms with Crippen LogP contribution in [0.3, 0.4) is 0 Å². The fourth-order valence-electron chi connectivity index (χ4n) is 2.58. The lowest BCUT2D eigenvalue weighted by Gasteiger charge is -2.23. The smallest absolute Gasteiger partial charge is 0.193 e. The molecule has 1 N–H and O–H groups in total. The first-order chi connectivity index (χ1) is 10.0. The second kappa shape index (κ2) is 6.89. The number of ether oxygens (including phenoxy) is 1. The van der Waals surface area contributed by atoms with Gasteiger partial charge in [0.05, 0.1) is 12.8 Å². The number of benzene rings is 1. The average molecular weight is 311 g/mol. The molecule has 0 radical (unpaired) electrons. The third-order valence-corrected chi connectivity index (χ3v) is 3.87. The van der Waals surface area contributed by atoms with Crippen molar-refractivity contribution in [3.63, 3.8) is 0 Å². The second-order valence-corrected chi connectivity index (χ2v) is 5.77. The monoisotopic (exact) mass is 310 g/mol. The van der Waals surface area contributed by atoms with Crippen molar-refractivity contribution in [2.75, 3.05) is 46.2 Å². The molecule has 1 saturated heterocycles. The molecular formula is C15H23ClN4O. The minimum atomic E-state index is 0.370.